The van der Waals surface area contributed by atoms with Crippen LogP contribution in [0.3, 0.4) is 0 Å². The Morgan fingerprint density at radius 1 is 0.950 bits per heavy atom. The molecule has 106 valence electrons. The fraction of sp³-hybridized carbons (Fsp3) is 0.200. The maximum absolute atomic E-state index is 13.4. The molecule has 0 spiro atoms. The highest BCUT2D eigenvalue weighted by atomic mass is 19.2. The fourth-order valence-corrected chi connectivity index (χ4v) is 1.85. The summed E-state index contributed by atoms with van der Waals surface area (Å²) >= 11 is 0. The summed E-state index contributed by atoms with van der Waals surface area (Å²) in [7, 11) is 0. The number of hydrogen-bond donors (Lipinski definition) is 1. The first-order valence-electron chi connectivity index (χ1n) is 6.10. The zero-order chi connectivity index (χ0) is 14.7. The first-order chi connectivity index (χ1) is 9.49. The summed E-state index contributed by atoms with van der Waals surface area (Å²) < 4.78 is 52.4. The van der Waals surface area contributed by atoms with E-state index in [0.717, 1.165) is 18.2 Å². The van der Waals surface area contributed by atoms with Crippen LogP contribution < -0.4 is 5.32 Å². The number of benzene rings is 2. The van der Waals surface area contributed by atoms with Gasteiger partial charge in [-0.25, -0.2) is 17.6 Å². The van der Waals surface area contributed by atoms with E-state index in [1.54, 1.807) is 6.92 Å². The van der Waals surface area contributed by atoms with Crippen molar-refractivity contribution in [2.45, 2.75) is 19.5 Å². The van der Waals surface area contributed by atoms with Gasteiger partial charge in [0.15, 0.2) is 23.3 Å². The Hall–Kier alpha value is -1.88. The van der Waals surface area contributed by atoms with Crippen LogP contribution in [0.15, 0.2) is 36.4 Å². The van der Waals surface area contributed by atoms with Crippen LogP contribution >= 0.6 is 0 Å². The molecule has 0 fully saturated rings. The van der Waals surface area contributed by atoms with Crippen LogP contribution in [0.25, 0.3) is 0 Å². The molecule has 0 bridgehead atoms. The lowest BCUT2D eigenvalue weighted by atomic mass is 10.1. The molecule has 2 aromatic carbocycles. The van der Waals surface area contributed by atoms with E-state index < -0.39 is 23.3 Å². The smallest absolute Gasteiger partial charge is 0.163 e. The van der Waals surface area contributed by atoms with E-state index in [2.05, 4.69) is 5.32 Å². The molecular weight excluding hydrogens is 270 g/mol. The van der Waals surface area contributed by atoms with Gasteiger partial charge in [0.2, 0.25) is 0 Å². The van der Waals surface area contributed by atoms with Gasteiger partial charge in [-0.2, -0.15) is 0 Å². The third kappa shape index (κ3) is 3.17. The largest absolute Gasteiger partial charge is 0.306 e. The van der Waals surface area contributed by atoms with Crippen molar-refractivity contribution in [3.8, 4) is 0 Å². The second kappa shape index (κ2) is 6.05. The number of hydrogen-bond acceptors (Lipinski definition) is 1. The van der Waals surface area contributed by atoms with E-state index in [-0.39, 0.29) is 18.2 Å². The van der Waals surface area contributed by atoms with Gasteiger partial charge in [0.1, 0.15) is 0 Å². The predicted octanol–water partition coefficient (Wildman–Crippen LogP) is 4.09. The van der Waals surface area contributed by atoms with Crippen LogP contribution in [0, 0.1) is 23.3 Å². The van der Waals surface area contributed by atoms with Gasteiger partial charge in [-0.05, 0) is 30.7 Å². The van der Waals surface area contributed by atoms with Crippen LogP contribution in [-0.2, 0) is 6.54 Å². The molecule has 5 heteroatoms. The van der Waals surface area contributed by atoms with Gasteiger partial charge >= 0.3 is 0 Å². The van der Waals surface area contributed by atoms with Crippen molar-refractivity contribution in [1.82, 2.24) is 5.32 Å². The van der Waals surface area contributed by atoms with Gasteiger partial charge < -0.3 is 5.32 Å². The van der Waals surface area contributed by atoms with Crippen molar-refractivity contribution in [1.29, 1.82) is 0 Å². The van der Waals surface area contributed by atoms with Crippen LogP contribution in [0.1, 0.15) is 24.1 Å². The molecule has 0 saturated heterocycles. The summed E-state index contributed by atoms with van der Waals surface area (Å²) in [6.45, 7) is 1.81. The molecule has 0 aromatic heterocycles. The molecule has 2 rings (SSSR count). The summed E-state index contributed by atoms with van der Waals surface area (Å²) in [5.74, 6) is -3.67. The Balaban J connectivity index is 2.06. The molecule has 0 saturated carbocycles. The van der Waals surface area contributed by atoms with Crippen molar-refractivity contribution in [2.24, 2.45) is 0 Å². The first kappa shape index (κ1) is 14.5. The SMILES string of the molecule is CC(NCc1cccc(F)c1F)c1ccc(F)c(F)c1. The number of halogens is 4. The van der Waals surface area contributed by atoms with E-state index in [1.165, 1.54) is 18.2 Å². The molecule has 1 N–H and O–H groups in total. The molecular formula is C15H13F4N. The minimum atomic E-state index is -0.937. The third-order valence-corrected chi connectivity index (χ3v) is 3.07. The van der Waals surface area contributed by atoms with E-state index in [0.29, 0.717) is 5.56 Å². The van der Waals surface area contributed by atoms with Gasteiger partial charge in [0.05, 0.1) is 0 Å². The Morgan fingerprint density at radius 2 is 1.70 bits per heavy atom. The molecule has 20 heavy (non-hydrogen) atoms. The van der Waals surface area contributed by atoms with E-state index in [4.69, 9.17) is 0 Å². The van der Waals surface area contributed by atoms with Crippen molar-refractivity contribution < 1.29 is 17.6 Å². The average Bonchev–Trinajstić information content (AvgIpc) is 2.43. The van der Waals surface area contributed by atoms with Crippen molar-refractivity contribution >= 4 is 0 Å². The Morgan fingerprint density at radius 3 is 2.40 bits per heavy atom. The lowest BCUT2D eigenvalue weighted by molar-refractivity contribution is 0.481. The monoisotopic (exact) mass is 283 g/mol. The zero-order valence-corrected chi connectivity index (χ0v) is 10.8. The molecule has 0 amide bonds. The Bertz CT molecular complexity index is 613. The molecule has 1 atom stereocenters. The van der Waals surface area contributed by atoms with Gasteiger partial charge in [-0.15, -0.1) is 0 Å². The summed E-state index contributed by atoms with van der Waals surface area (Å²) in [6, 6.07) is 7.14. The molecule has 0 radical (unpaired) electrons. The standard InChI is InChI=1S/C15H13F4N/c1-9(10-5-6-12(16)14(18)7-10)20-8-11-3-2-4-13(17)15(11)19/h2-7,9,20H,8H2,1H3. The average molecular weight is 283 g/mol. The molecule has 0 aliphatic carbocycles. The normalized spacial score (nSPS) is 12.4. The third-order valence-electron chi connectivity index (χ3n) is 3.07. The topological polar surface area (TPSA) is 12.0 Å². The maximum Gasteiger partial charge on any atom is 0.163 e. The van der Waals surface area contributed by atoms with Crippen LogP contribution in [0.4, 0.5) is 17.6 Å². The van der Waals surface area contributed by atoms with Gasteiger partial charge in [-0.3, -0.25) is 0 Å². The van der Waals surface area contributed by atoms with Crippen LogP contribution in [0.5, 0.6) is 0 Å². The second-order valence-electron chi connectivity index (χ2n) is 4.49. The molecule has 2 aromatic rings. The summed E-state index contributed by atoms with van der Waals surface area (Å²) in [4.78, 5) is 0. The van der Waals surface area contributed by atoms with Crippen molar-refractivity contribution in [2.75, 3.05) is 0 Å². The summed E-state index contributed by atoms with van der Waals surface area (Å²) in [5.41, 5.74) is 0.708. The quantitative estimate of drug-likeness (QED) is 0.833. The molecule has 0 aliphatic heterocycles. The second-order valence-corrected chi connectivity index (χ2v) is 4.49. The Kier molecular flexibility index (Phi) is 4.39. The minimum absolute atomic E-state index is 0.0871. The number of rotatable bonds is 4. The highest BCUT2D eigenvalue weighted by Crippen LogP contribution is 2.17. The van der Waals surface area contributed by atoms with Crippen LogP contribution in [-0.4, -0.2) is 0 Å². The van der Waals surface area contributed by atoms with Gasteiger partial charge in [0, 0.05) is 18.2 Å². The van der Waals surface area contributed by atoms with E-state index in [9.17, 15) is 17.6 Å². The molecule has 1 nitrogen and oxygen atoms in total. The molecule has 0 aliphatic rings. The summed E-state index contributed by atoms with van der Waals surface area (Å²) in [6.07, 6.45) is 0. The van der Waals surface area contributed by atoms with E-state index in [1.807, 2.05) is 0 Å². The number of nitrogens with one attached hydrogen (secondary N) is 1. The summed E-state index contributed by atoms with van der Waals surface area (Å²) in [5, 5.41) is 2.93. The first-order valence-corrected chi connectivity index (χ1v) is 6.10. The van der Waals surface area contributed by atoms with E-state index >= 15 is 0 Å². The minimum Gasteiger partial charge on any atom is -0.306 e. The lowest BCUT2D eigenvalue weighted by Gasteiger charge is -2.15. The van der Waals surface area contributed by atoms with Gasteiger partial charge in [-0.1, -0.05) is 18.2 Å². The zero-order valence-electron chi connectivity index (χ0n) is 10.8. The van der Waals surface area contributed by atoms with Crippen molar-refractivity contribution in [3.63, 3.8) is 0 Å². The lowest BCUT2D eigenvalue weighted by Crippen LogP contribution is -2.19. The highest BCUT2D eigenvalue weighted by molar-refractivity contribution is 5.22. The Labute approximate surface area is 114 Å². The van der Waals surface area contributed by atoms with Crippen molar-refractivity contribution in [3.05, 3.63) is 70.8 Å². The fourth-order valence-electron chi connectivity index (χ4n) is 1.85. The highest BCUT2D eigenvalue weighted by Gasteiger charge is 2.11. The van der Waals surface area contributed by atoms with Gasteiger partial charge in [0.25, 0.3) is 0 Å². The maximum atomic E-state index is 13.4. The van der Waals surface area contributed by atoms with Crippen LogP contribution in [0.2, 0.25) is 0 Å². The predicted molar refractivity (Wildman–Crippen MR) is 68.0 cm³/mol. The molecule has 0 heterocycles. The molecule has 1 unspecified atom stereocenters.